The van der Waals surface area contributed by atoms with Crippen molar-refractivity contribution in [2.24, 2.45) is 0 Å². The Morgan fingerprint density at radius 1 is 1.08 bits per heavy atom. The van der Waals surface area contributed by atoms with Crippen LogP contribution in [-0.4, -0.2) is 24.7 Å². The quantitative estimate of drug-likeness (QED) is 0.607. The molecule has 0 bridgehead atoms. The first-order valence-corrected chi connectivity index (χ1v) is 3.75. The zero-order chi connectivity index (χ0) is 10.6. The van der Waals surface area contributed by atoms with Crippen LogP contribution in [0.4, 0.5) is 26.3 Å². The van der Waals surface area contributed by atoms with Crippen LogP contribution in [0.25, 0.3) is 0 Å². The maximum absolute atomic E-state index is 12.5. The Labute approximate surface area is 71.9 Å². The summed E-state index contributed by atoms with van der Waals surface area (Å²) < 4.78 is 72.4. The van der Waals surface area contributed by atoms with Gasteiger partial charge in [0, 0.05) is 0 Å². The van der Waals surface area contributed by atoms with Crippen molar-refractivity contribution in [2.45, 2.75) is 44.5 Å². The third-order valence-corrected chi connectivity index (χ3v) is 1.56. The number of halogens is 6. The summed E-state index contributed by atoms with van der Waals surface area (Å²) in [5.74, 6) is -4.01. The van der Waals surface area contributed by atoms with E-state index in [-0.39, 0.29) is 0 Å². The molecule has 0 nitrogen and oxygen atoms in total. The Bertz CT molecular complexity index is 146. The first-order valence-electron chi connectivity index (χ1n) is 3.75. The van der Waals surface area contributed by atoms with Crippen molar-refractivity contribution in [1.29, 1.82) is 0 Å². The van der Waals surface area contributed by atoms with Crippen LogP contribution in [-0.2, 0) is 0 Å². The molecular formula is C7H10F6. The van der Waals surface area contributed by atoms with Crippen LogP contribution < -0.4 is 0 Å². The SMILES string of the molecule is CC[C@H](F)C(F)(F)CC(F)C(F)F. The second-order valence-electron chi connectivity index (χ2n) is 2.69. The van der Waals surface area contributed by atoms with E-state index in [4.69, 9.17) is 0 Å². The number of hydrogen-bond donors (Lipinski definition) is 0. The van der Waals surface area contributed by atoms with Crippen LogP contribution in [0.1, 0.15) is 19.8 Å². The van der Waals surface area contributed by atoms with E-state index >= 15 is 0 Å². The molecule has 0 rings (SSSR count). The van der Waals surface area contributed by atoms with Gasteiger partial charge in [0.05, 0.1) is 6.42 Å². The summed E-state index contributed by atoms with van der Waals surface area (Å²) in [6.07, 6.45) is -11.3. The Kier molecular flexibility index (Phi) is 4.56. The molecule has 0 aromatic carbocycles. The molecule has 0 radical (unpaired) electrons. The van der Waals surface area contributed by atoms with Crippen molar-refractivity contribution in [3.05, 3.63) is 0 Å². The van der Waals surface area contributed by atoms with Gasteiger partial charge in [-0.2, -0.15) is 0 Å². The first-order chi connectivity index (χ1) is 5.81. The Balaban J connectivity index is 4.15. The highest BCUT2D eigenvalue weighted by Gasteiger charge is 2.43. The predicted molar refractivity (Wildman–Crippen MR) is 35.7 cm³/mol. The molecule has 1 unspecified atom stereocenters. The third-order valence-electron chi connectivity index (χ3n) is 1.56. The van der Waals surface area contributed by atoms with Gasteiger partial charge in [-0.3, -0.25) is 0 Å². The second-order valence-corrected chi connectivity index (χ2v) is 2.69. The molecule has 0 amide bonds. The maximum Gasteiger partial charge on any atom is 0.281 e. The van der Waals surface area contributed by atoms with Crippen LogP contribution in [0.3, 0.4) is 0 Å². The van der Waals surface area contributed by atoms with Gasteiger partial charge in [-0.05, 0) is 6.42 Å². The lowest BCUT2D eigenvalue weighted by molar-refractivity contribution is -0.109. The van der Waals surface area contributed by atoms with Gasteiger partial charge in [0.15, 0.2) is 12.3 Å². The van der Waals surface area contributed by atoms with Gasteiger partial charge in [-0.25, -0.2) is 26.3 Å². The summed E-state index contributed by atoms with van der Waals surface area (Å²) in [4.78, 5) is 0. The van der Waals surface area contributed by atoms with E-state index in [9.17, 15) is 26.3 Å². The van der Waals surface area contributed by atoms with Gasteiger partial charge in [-0.1, -0.05) is 6.92 Å². The van der Waals surface area contributed by atoms with Crippen molar-refractivity contribution in [3.8, 4) is 0 Å². The van der Waals surface area contributed by atoms with Crippen LogP contribution in [0, 0.1) is 0 Å². The molecule has 0 fully saturated rings. The largest absolute Gasteiger partial charge is 0.281 e. The van der Waals surface area contributed by atoms with Gasteiger partial charge >= 0.3 is 0 Å². The summed E-state index contributed by atoms with van der Waals surface area (Å²) in [5.41, 5.74) is 0. The lowest BCUT2D eigenvalue weighted by Crippen LogP contribution is -2.34. The summed E-state index contributed by atoms with van der Waals surface area (Å²) >= 11 is 0. The normalized spacial score (nSPS) is 17.5. The Hall–Kier alpha value is -0.420. The highest BCUT2D eigenvalue weighted by molar-refractivity contribution is 4.80. The number of alkyl halides is 6. The molecule has 0 aromatic rings. The molecule has 0 saturated heterocycles. The van der Waals surface area contributed by atoms with E-state index in [0.29, 0.717) is 0 Å². The van der Waals surface area contributed by atoms with E-state index in [1.165, 1.54) is 0 Å². The molecule has 0 aliphatic carbocycles. The summed E-state index contributed by atoms with van der Waals surface area (Å²) in [7, 11) is 0. The van der Waals surface area contributed by atoms with Crippen molar-refractivity contribution in [3.63, 3.8) is 0 Å². The van der Waals surface area contributed by atoms with Gasteiger partial charge in [0.1, 0.15) is 0 Å². The van der Waals surface area contributed by atoms with Crippen molar-refractivity contribution >= 4 is 0 Å². The minimum absolute atomic E-state index is 0.525. The van der Waals surface area contributed by atoms with Gasteiger partial charge in [0.25, 0.3) is 12.3 Å². The molecular weight excluding hydrogens is 198 g/mol. The molecule has 13 heavy (non-hydrogen) atoms. The lowest BCUT2D eigenvalue weighted by Gasteiger charge is -2.20. The number of hydrogen-bond acceptors (Lipinski definition) is 0. The maximum atomic E-state index is 12.5. The molecule has 0 N–H and O–H groups in total. The van der Waals surface area contributed by atoms with E-state index in [0.717, 1.165) is 6.92 Å². The summed E-state index contributed by atoms with van der Waals surface area (Å²) in [5, 5.41) is 0. The van der Waals surface area contributed by atoms with Gasteiger partial charge < -0.3 is 0 Å². The lowest BCUT2D eigenvalue weighted by atomic mass is 10.1. The van der Waals surface area contributed by atoms with Gasteiger partial charge in [-0.15, -0.1) is 0 Å². The van der Waals surface area contributed by atoms with Crippen molar-refractivity contribution < 1.29 is 26.3 Å². The van der Waals surface area contributed by atoms with E-state index in [1.807, 2.05) is 0 Å². The second kappa shape index (κ2) is 4.72. The molecule has 0 aliphatic rings. The molecule has 0 aromatic heterocycles. The molecule has 80 valence electrons. The average Bonchev–Trinajstić information content (AvgIpc) is 2.01. The van der Waals surface area contributed by atoms with Crippen LogP contribution in [0.5, 0.6) is 0 Å². The van der Waals surface area contributed by atoms with Crippen LogP contribution >= 0.6 is 0 Å². The average molecular weight is 208 g/mol. The smallest absolute Gasteiger partial charge is 0.241 e. The zero-order valence-electron chi connectivity index (χ0n) is 6.91. The summed E-state index contributed by atoms with van der Waals surface area (Å²) in [6.45, 7) is 1.13. The fourth-order valence-corrected chi connectivity index (χ4v) is 0.776. The first kappa shape index (κ1) is 12.6. The molecule has 0 spiro atoms. The minimum Gasteiger partial charge on any atom is -0.241 e. The van der Waals surface area contributed by atoms with Crippen LogP contribution in [0.2, 0.25) is 0 Å². The van der Waals surface area contributed by atoms with E-state index in [2.05, 4.69) is 0 Å². The minimum atomic E-state index is -4.01. The molecule has 6 heteroatoms. The van der Waals surface area contributed by atoms with Gasteiger partial charge in [0.2, 0.25) is 0 Å². The fourth-order valence-electron chi connectivity index (χ4n) is 0.776. The Morgan fingerprint density at radius 3 is 1.85 bits per heavy atom. The zero-order valence-corrected chi connectivity index (χ0v) is 6.91. The topological polar surface area (TPSA) is 0 Å². The molecule has 2 atom stereocenters. The summed E-state index contributed by atoms with van der Waals surface area (Å²) in [6, 6.07) is 0. The predicted octanol–water partition coefficient (Wildman–Crippen LogP) is 3.36. The third kappa shape index (κ3) is 3.87. The highest BCUT2D eigenvalue weighted by atomic mass is 19.3. The van der Waals surface area contributed by atoms with Crippen LogP contribution in [0.15, 0.2) is 0 Å². The highest BCUT2D eigenvalue weighted by Crippen LogP contribution is 2.31. The van der Waals surface area contributed by atoms with E-state index < -0.39 is 37.5 Å². The monoisotopic (exact) mass is 208 g/mol. The fraction of sp³-hybridized carbons (Fsp3) is 1.00. The van der Waals surface area contributed by atoms with Crippen molar-refractivity contribution in [1.82, 2.24) is 0 Å². The standard InChI is InChI=1S/C7H10F6/c1-2-5(9)7(12,13)3-4(8)6(10)11/h4-6H,2-3H2,1H3/t4?,5-/m0/s1. The van der Waals surface area contributed by atoms with Crippen molar-refractivity contribution in [2.75, 3.05) is 0 Å². The molecule has 0 saturated carbocycles. The van der Waals surface area contributed by atoms with E-state index in [1.54, 1.807) is 0 Å². The molecule has 0 aliphatic heterocycles. The Morgan fingerprint density at radius 2 is 1.54 bits per heavy atom. The molecule has 0 heterocycles. The number of rotatable bonds is 5.